The van der Waals surface area contributed by atoms with Gasteiger partial charge in [-0.1, -0.05) is 12.1 Å². The smallest absolute Gasteiger partial charge is 0.347 e. The first-order chi connectivity index (χ1) is 7.31. The van der Waals surface area contributed by atoms with Gasteiger partial charge in [-0.15, -0.1) is 0 Å². The fourth-order valence-electron chi connectivity index (χ4n) is 1.42. The van der Waals surface area contributed by atoms with Crippen LogP contribution < -0.4 is 4.74 Å². The molecule has 0 bridgehead atoms. The van der Waals surface area contributed by atoms with Crippen molar-refractivity contribution in [3.8, 4) is 5.75 Å². The first-order valence-corrected chi connectivity index (χ1v) is 4.69. The molecule has 1 aromatic carbocycles. The highest BCUT2D eigenvalue weighted by atomic mass is 16.6. The lowest BCUT2D eigenvalue weighted by Crippen LogP contribution is -2.22. The number of para-hydroxylation sites is 1. The van der Waals surface area contributed by atoms with Gasteiger partial charge < -0.3 is 9.47 Å². The minimum atomic E-state index is -0.578. The lowest BCUT2D eigenvalue weighted by Gasteiger charge is -2.11. The summed E-state index contributed by atoms with van der Waals surface area (Å²) in [6.45, 7) is 0.382. The molecule has 1 atom stereocenters. The van der Waals surface area contributed by atoms with Crippen molar-refractivity contribution in [1.82, 2.24) is 0 Å². The summed E-state index contributed by atoms with van der Waals surface area (Å²) in [7, 11) is 0. The van der Waals surface area contributed by atoms with E-state index in [1.165, 1.54) is 0 Å². The highest BCUT2D eigenvalue weighted by Crippen LogP contribution is 2.20. The summed E-state index contributed by atoms with van der Waals surface area (Å²) in [4.78, 5) is 21.8. The van der Waals surface area contributed by atoms with E-state index in [1.807, 2.05) is 0 Å². The second kappa shape index (κ2) is 4.13. The van der Waals surface area contributed by atoms with Crippen molar-refractivity contribution >= 4 is 12.3 Å². The van der Waals surface area contributed by atoms with Crippen LogP contribution in [0.4, 0.5) is 0 Å². The normalized spacial score (nSPS) is 19.7. The maximum absolute atomic E-state index is 11.1. The molecule has 4 heteroatoms. The lowest BCUT2D eigenvalue weighted by molar-refractivity contribution is -0.143. The van der Waals surface area contributed by atoms with Gasteiger partial charge in [0.2, 0.25) is 0 Å². The second-order valence-corrected chi connectivity index (χ2v) is 3.22. The molecule has 1 fully saturated rings. The standard InChI is InChI=1S/C11H10O4/c12-7-8-3-1-2-4-9(8)15-10-5-6-14-11(10)13/h1-4,7,10H,5-6H2. The maximum Gasteiger partial charge on any atom is 0.347 e. The van der Waals surface area contributed by atoms with Crippen LogP contribution in [-0.4, -0.2) is 25.0 Å². The van der Waals surface area contributed by atoms with Crippen LogP contribution in [-0.2, 0) is 9.53 Å². The Kier molecular flexibility index (Phi) is 2.67. The maximum atomic E-state index is 11.1. The van der Waals surface area contributed by atoms with Crippen LogP contribution in [0.15, 0.2) is 24.3 Å². The predicted molar refractivity (Wildman–Crippen MR) is 51.8 cm³/mol. The topological polar surface area (TPSA) is 52.6 Å². The van der Waals surface area contributed by atoms with Gasteiger partial charge in [0.15, 0.2) is 12.4 Å². The van der Waals surface area contributed by atoms with Crippen LogP contribution in [0.3, 0.4) is 0 Å². The van der Waals surface area contributed by atoms with Crippen LogP contribution >= 0.6 is 0 Å². The SMILES string of the molecule is O=Cc1ccccc1OC1CCOC1=O. The third-order valence-corrected chi connectivity index (χ3v) is 2.20. The number of benzene rings is 1. The average Bonchev–Trinajstić information content (AvgIpc) is 2.65. The van der Waals surface area contributed by atoms with Crippen LogP contribution in [0.5, 0.6) is 5.75 Å². The van der Waals surface area contributed by atoms with Crippen molar-refractivity contribution in [1.29, 1.82) is 0 Å². The van der Waals surface area contributed by atoms with E-state index in [2.05, 4.69) is 0 Å². The van der Waals surface area contributed by atoms with E-state index in [0.717, 1.165) is 0 Å². The fraction of sp³-hybridized carbons (Fsp3) is 0.273. The fourth-order valence-corrected chi connectivity index (χ4v) is 1.42. The highest BCUT2D eigenvalue weighted by molar-refractivity contribution is 5.80. The van der Waals surface area contributed by atoms with Gasteiger partial charge in [-0.05, 0) is 12.1 Å². The number of rotatable bonds is 3. The molecule has 1 aromatic rings. The molecule has 78 valence electrons. The van der Waals surface area contributed by atoms with Crippen molar-refractivity contribution in [3.05, 3.63) is 29.8 Å². The first kappa shape index (κ1) is 9.71. The molecule has 1 unspecified atom stereocenters. The van der Waals surface area contributed by atoms with E-state index >= 15 is 0 Å². The van der Waals surface area contributed by atoms with Crippen molar-refractivity contribution in [2.45, 2.75) is 12.5 Å². The predicted octanol–water partition coefficient (Wildman–Crippen LogP) is 1.19. The van der Waals surface area contributed by atoms with Gasteiger partial charge in [0.05, 0.1) is 12.2 Å². The van der Waals surface area contributed by atoms with E-state index in [9.17, 15) is 9.59 Å². The molecule has 0 aliphatic carbocycles. The Bertz CT molecular complexity index is 386. The van der Waals surface area contributed by atoms with Crippen LogP contribution in [0.1, 0.15) is 16.8 Å². The molecule has 2 rings (SSSR count). The number of hydrogen-bond donors (Lipinski definition) is 0. The molecule has 0 aromatic heterocycles. The van der Waals surface area contributed by atoms with E-state index in [0.29, 0.717) is 30.6 Å². The van der Waals surface area contributed by atoms with Gasteiger partial charge >= 0.3 is 5.97 Å². The van der Waals surface area contributed by atoms with Gasteiger partial charge in [-0.25, -0.2) is 4.79 Å². The van der Waals surface area contributed by atoms with E-state index in [4.69, 9.17) is 9.47 Å². The first-order valence-electron chi connectivity index (χ1n) is 4.69. The van der Waals surface area contributed by atoms with Crippen molar-refractivity contribution in [3.63, 3.8) is 0 Å². The summed E-state index contributed by atoms with van der Waals surface area (Å²) < 4.78 is 10.2. The van der Waals surface area contributed by atoms with Crippen molar-refractivity contribution in [2.24, 2.45) is 0 Å². The van der Waals surface area contributed by atoms with Gasteiger partial charge in [-0.2, -0.15) is 0 Å². The Morgan fingerprint density at radius 1 is 1.40 bits per heavy atom. The molecule has 0 amide bonds. The summed E-state index contributed by atoms with van der Waals surface area (Å²) in [5.74, 6) is 0.0621. The van der Waals surface area contributed by atoms with E-state index in [1.54, 1.807) is 24.3 Å². The Morgan fingerprint density at radius 2 is 2.20 bits per heavy atom. The summed E-state index contributed by atoms with van der Waals surface area (Å²) >= 11 is 0. The number of carbonyl (C=O) groups excluding carboxylic acids is 2. The van der Waals surface area contributed by atoms with Gasteiger partial charge in [0.25, 0.3) is 0 Å². The Labute approximate surface area is 86.8 Å². The number of carbonyl (C=O) groups is 2. The number of ether oxygens (including phenoxy) is 2. The van der Waals surface area contributed by atoms with E-state index in [-0.39, 0.29) is 5.97 Å². The monoisotopic (exact) mass is 206 g/mol. The number of aldehydes is 1. The zero-order valence-corrected chi connectivity index (χ0v) is 8.01. The van der Waals surface area contributed by atoms with Crippen LogP contribution in [0.2, 0.25) is 0 Å². The Balaban J connectivity index is 2.16. The number of esters is 1. The summed E-state index contributed by atoms with van der Waals surface area (Å²) in [6, 6.07) is 6.80. The number of cyclic esters (lactones) is 1. The largest absolute Gasteiger partial charge is 0.478 e. The number of hydrogen-bond acceptors (Lipinski definition) is 4. The molecule has 0 saturated carbocycles. The zero-order chi connectivity index (χ0) is 10.7. The molecule has 15 heavy (non-hydrogen) atoms. The molecule has 0 radical (unpaired) electrons. The summed E-state index contributed by atoms with van der Waals surface area (Å²) in [5.41, 5.74) is 0.442. The highest BCUT2D eigenvalue weighted by Gasteiger charge is 2.28. The molecule has 4 nitrogen and oxygen atoms in total. The molecule has 1 aliphatic heterocycles. The third-order valence-electron chi connectivity index (χ3n) is 2.20. The average molecular weight is 206 g/mol. The third kappa shape index (κ3) is 1.98. The minimum Gasteiger partial charge on any atom is -0.478 e. The Hall–Kier alpha value is -1.84. The molecule has 0 N–H and O–H groups in total. The van der Waals surface area contributed by atoms with Gasteiger partial charge in [-0.3, -0.25) is 4.79 Å². The molecule has 1 heterocycles. The van der Waals surface area contributed by atoms with Gasteiger partial charge in [0.1, 0.15) is 5.75 Å². The molecule has 1 saturated heterocycles. The zero-order valence-electron chi connectivity index (χ0n) is 8.01. The van der Waals surface area contributed by atoms with Crippen molar-refractivity contribution in [2.75, 3.05) is 6.61 Å². The van der Waals surface area contributed by atoms with Crippen LogP contribution in [0, 0.1) is 0 Å². The lowest BCUT2D eigenvalue weighted by atomic mass is 10.2. The van der Waals surface area contributed by atoms with Gasteiger partial charge in [0, 0.05) is 6.42 Å². The summed E-state index contributed by atoms with van der Waals surface area (Å²) in [5, 5.41) is 0. The molecule has 1 aliphatic rings. The van der Waals surface area contributed by atoms with Crippen molar-refractivity contribution < 1.29 is 19.1 Å². The second-order valence-electron chi connectivity index (χ2n) is 3.22. The van der Waals surface area contributed by atoms with Crippen LogP contribution in [0.25, 0.3) is 0 Å². The molecular formula is C11H10O4. The molecular weight excluding hydrogens is 196 g/mol. The summed E-state index contributed by atoms with van der Waals surface area (Å²) in [6.07, 6.45) is 0.660. The molecule has 0 spiro atoms. The quantitative estimate of drug-likeness (QED) is 0.550. The van der Waals surface area contributed by atoms with E-state index < -0.39 is 6.10 Å². The minimum absolute atomic E-state index is 0.365. The Morgan fingerprint density at radius 3 is 2.87 bits per heavy atom.